The van der Waals surface area contributed by atoms with E-state index in [1.54, 1.807) is 7.11 Å². The van der Waals surface area contributed by atoms with Gasteiger partial charge in [-0.15, -0.1) is 0 Å². The standard InChI is InChI=1S/C12H16ClNO/c1-8-5-11(14-7-8)9-3-4-12(15-2)10(13)6-9/h3-4,6,8,11,14H,5,7H2,1-2H3. The largest absolute Gasteiger partial charge is 0.495 e. The number of methoxy groups -OCH3 is 1. The second kappa shape index (κ2) is 4.42. The Morgan fingerprint density at radius 1 is 1.47 bits per heavy atom. The summed E-state index contributed by atoms with van der Waals surface area (Å²) in [6, 6.07) is 6.46. The number of halogens is 1. The molecule has 0 amide bonds. The minimum atomic E-state index is 0.448. The lowest BCUT2D eigenvalue weighted by Gasteiger charge is -2.12. The fraction of sp³-hybridized carbons (Fsp3) is 0.500. The first-order chi connectivity index (χ1) is 7.20. The van der Waals surface area contributed by atoms with Crippen molar-refractivity contribution in [3.63, 3.8) is 0 Å². The molecule has 1 N–H and O–H groups in total. The molecular weight excluding hydrogens is 210 g/mol. The normalized spacial score (nSPS) is 25.5. The predicted molar refractivity (Wildman–Crippen MR) is 62.5 cm³/mol. The van der Waals surface area contributed by atoms with Gasteiger partial charge in [-0.3, -0.25) is 0 Å². The third-order valence-electron chi connectivity index (χ3n) is 2.93. The van der Waals surface area contributed by atoms with Crippen molar-refractivity contribution in [3.05, 3.63) is 28.8 Å². The molecule has 15 heavy (non-hydrogen) atoms. The number of rotatable bonds is 2. The van der Waals surface area contributed by atoms with Gasteiger partial charge in [-0.05, 0) is 36.6 Å². The summed E-state index contributed by atoms with van der Waals surface area (Å²) in [4.78, 5) is 0. The minimum absolute atomic E-state index is 0.448. The smallest absolute Gasteiger partial charge is 0.137 e. The number of hydrogen-bond acceptors (Lipinski definition) is 2. The van der Waals surface area contributed by atoms with Gasteiger partial charge >= 0.3 is 0 Å². The van der Waals surface area contributed by atoms with Crippen LogP contribution in [0.25, 0.3) is 0 Å². The van der Waals surface area contributed by atoms with E-state index in [0.717, 1.165) is 18.2 Å². The average molecular weight is 226 g/mol. The van der Waals surface area contributed by atoms with Crippen LogP contribution >= 0.6 is 11.6 Å². The Labute approximate surface area is 95.6 Å². The molecule has 1 heterocycles. The van der Waals surface area contributed by atoms with Crippen molar-refractivity contribution in [2.45, 2.75) is 19.4 Å². The highest BCUT2D eigenvalue weighted by atomic mass is 35.5. The minimum Gasteiger partial charge on any atom is -0.495 e. The predicted octanol–water partition coefficient (Wildman–Crippen LogP) is 3.02. The molecule has 1 aliphatic rings. The third-order valence-corrected chi connectivity index (χ3v) is 3.22. The highest BCUT2D eigenvalue weighted by Gasteiger charge is 2.22. The van der Waals surface area contributed by atoms with Gasteiger partial charge in [0.25, 0.3) is 0 Å². The van der Waals surface area contributed by atoms with Gasteiger partial charge in [0.15, 0.2) is 0 Å². The number of nitrogens with one attached hydrogen (secondary N) is 1. The number of hydrogen-bond donors (Lipinski definition) is 1. The van der Waals surface area contributed by atoms with Crippen LogP contribution in [0.4, 0.5) is 0 Å². The van der Waals surface area contributed by atoms with Gasteiger partial charge in [-0.25, -0.2) is 0 Å². The molecule has 0 radical (unpaired) electrons. The monoisotopic (exact) mass is 225 g/mol. The molecular formula is C12H16ClNO. The van der Waals surface area contributed by atoms with E-state index < -0.39 is 0 Å². The van der Waals surface area contributed by atoms with Gasteiger partial charge in [0.2, 0.25) is 0 Å². The van der Waals surface area contributed by atoms with Crippen LogP contribution in [0, 0.1) is 5.92 Å². The van der Waals surface area contributed by atoms with Gasteiger partial charge in [-0.2, -0.15) is 0 Å². The quantitative estimate of drug-likeness (QED) is 0.836. The molecule has 0 bridgehead atoms. The van der Waals surface area contributed by atoms with Gasteiger partial charge in [0.05, 0.1) is 12.1 Å². The van der Waals surface area contributed by atoms with Gasteiger partial charge < -0.3 is 10.1 Å². The molecule has 2 rings (SSSR count). The molecule has 0 aromatic heterocycles. The zero-order valence-electron chi connectivity index (χ0n) is 9.09. The number of ether oxygens (including phenoxy) is 1. The Hall–Kier alpha value is -0.730. The van der Waals surface area contributed by atoms with Crippen molar-refractivity contribution in [2.75, 3.05) is 13.7 Å². The maximum absolute atomic E-state index is 6.09. The molecule has 1 fully saturated rings. The van der Waals surface area contributed by atoms with Gasteiger partial charge in [0, 0.05) is 6.04 Å². The summed E-state index contributed by atoms with van der Waals surface area (Å²) in [6.07, 6.45) is 1.18. The van der Waals surface area contributed by atoms with Crippen molar-refractivity contribution < 1.29 is 4.74 Å². The first-order valence-electron chi connectivity index (χ1n) is 5.27. The molecule has 0 spiro atoms. The summed E-state index contributed by atoms with van der Waals surface area (Å²) in [5.74, 6) is 1.49. The first kappa shape index (κ1) is 10.8. The molecule has 82 valence electrons. The summed E-state index contributed by atoms with van der Waals surface area (Å²) in [5.41, 5.74) is 1.25. The molecule has 2 atom stereocenters. The summed E-state index contributed by atoms with van der Waals surface area (Å²) in [7, 11) is 1.64. The summed E-state index contributed by atoms with van der Waals surface area (Å²) >= 11 is 6.09. The van der Waals surface area contributed by atoms with Gasteiger partial charge in [0.1, 0.15) is 5.75 Å². The van der Waals surface area contributed by atoms with Crippen LogP contribution < -0.4 is 10.1 Å². The Morgan fingerprint density at radius 2 is 2.27 bits per heavy atom. The van der Waals surface area contributed by atoms with Crippen molar-refractivity contribution in [3.8, 4) is 5.75 Å². The van der Waals surface area contributed by atoms with E-state index in [2.05, 4.69) is 18.3 Å². The molecule has 0 saturated carbocycles. The molecule has 2 nitrogen and oxygen atoms in total. The fourth-order valence-corrected chi connectivity index (χ4v) is 2.33. The van der Waals surface area contributed by atoms with E-state index in [9.17, 15) is 0 Å². The van der Waals surface area contributed by atoms with E-state index >= 15 is 0 Å². The van der Waals surface area contributed by atoms with Crippen LogP contribution in [0.3, 0.4) is 0 Å². The van der Waals surface area contributed by atoms with E-state index in [-0.39, 0.29) is 0 Å². The highest BCUT2D eigenvalue weighted by molar-refractivity contribution is 6.32. The maximum atomic E-state index is 6.09. The van der Waals surface area contributed by atoms with E-state index in [1.807, 2.05) is 12.1 Å². The van der Waals surface area contributed by atoms with E-state index in [0.29, 0.717) is 11.1 Å². The summed E-state index contributed by atoms with van der Waals surface area (Å²) in [5, 5.41) is 4.18. The van der Waals surface area contributed by atoms with Crippen molar-refractivity contribution >= 4 is 11.6 Å². The fourth-order valence-electron chi connectivity index (χ4n) is 2.07. The Kier molecular flexibility index (Phi) is 3.17. The van der Waals surface area contributed by atoms with Crippen LogP contribution in [0.2, 0.25) is 5.02 Å². The van der Waals surface area contributed by atoms with Gasteiger partial charge in [-0.1, -0.05) is 24.6 Å². The summed E-state index contributed by atoms with van der Waals surface area (Å²) < 4.78 is 5.13. The number of benzene rings is 1. The van der Waals surface area contributed by atoms with Crippen LogP contribution in [0.5, 0.6) is 5.75 Å². The molecule has 1 aliphatic heterocycles. The average Bonchev–Trinajstić information content (AvgIpc) is 2.65. The second-order valence-electron chi connectivity index (χ2n) is 4.20. The topological polar surface area (TPSA) is 21.3 Å². The zero-order chi connectivity index (χ0) is 10.8. The maximum Gasteiger partial charge on any atom is 0.137 e. The Bertz CT molecular complexity index is 353. The summed E-state index contributed by atoms with van der Waals surface area (Å²) in [6.45, 7) is 3.35. The molecule has 0 aliphatic carbocycles. The molecule has 3 heteroatoms. The van der Waals surface area contributed by atoms with Crippen LogP contribution in [0.15, 0.2) is 18.2 Å². The van der Waals surface area contributed by atoms with Crippen LogP contribution in [-0.2, 0) is 0 Å². The lowest BCUT2D eigenvalue weighted by molar-refractivity contribution is 0.414. The zero-order valence-corrected chi connectivity index (χ0v) is 9.84. The molecule has 1 saturated heterocycles. The second-order valence-corrected chi connectivity index (χ2v) is 4.60. The van der Waals surface area contributed by atoms with Crippen molar-refractivity contribution in [2.24, 2.45) is 5.92 Å². The lowest BCUT2D eigenvalue weighted by Crippen LogP contribution is -2.13. The Balaban J connectivity index is 2.19. The SMILES string of the molecule is COc1ccc(C2CC(C)CN2)cc1Cl. The third kappa shape index (κ3) is 2.27. The Morgan fingerprint density at radius 3 is 2.80 bits per heavy atom. The highest BCUT2D eigenvalue weighted by Crippen LogP contribution is 2.32. The molecule has 2 unspecified atom stereocenters. The first-order valence-corrected chi connectivity index (χ1v) is 5.65. The van der Waals surface area contributed by atoms with Crippen molar-refractivity contribution in [1.29, 1.82) is 0 Å². The van der Waals surface area contributed by atoms with E-state index in [1.165, 1.54) is 12.0 Å². The lowest BCUT2D eigenvalue weighted by atomic mass is 10.0. The van der Waals surface area contributed by atoms with Crippen LogP contribution in [-0.4, -0.2) is 13.7 Å². The van der Waals surface area contributed by atoms with E-state index in [4.69, 9.17) is 16.3 Å². The van der Waals surface area contributed by atoms with Crippen LogP contribution in [0.1, 0.15) is 24.9 Å². The molecule has 1 aromatic carbocycles. The molecule has 1 aromatic rings. The van der Waals surface area contributed by atoms with Crippen molar-refractivity contribution in [1.82, 2.24) is 5.32 Å².